The lowest BCUT2D eigenvalue weighted by Gasteiger charge is -2.28. The summed E-state index contributed by atoms with van der Waals surface area (Å²) in [6.07, 6.45) is 6.51. The topological polar surface area (TPSA) is 87.5 Å². The molecular weight excluding hydrogens is 527 g/mol. The number of carbonyl (C=O) groups excluding carboxylic acids is 2. The van der Waals surface area contributed by atoms with Crippen molar-refractivity contribution in [3.8, 4) is 0 Å². The van der Waals surface area contributed by atoms with Crippen molar-refractivity contribution in [1.82, 2.24) is 14.9 Å². The maximum Gasteiger partial charge on any atom is 0.230 e. The molecule has 2 aromatic rings. The summed E-state index contributed by atoms with van der Waals surface area (Å²) in [5.74, 6) is 0.575. The smallest absolute Gasteiger partial charge is 0.230 e. The van der Waals surface area contributed by atoms with Gasteiger partial charge in [-0.3, -0.25) is 19.2 Å². The second kappa shape index (κ2) is 17.7. The van der Waals surface area contributed by atoms with Crippen LogP contribution < -0.4 is 15.8 Å². The summed E-state index contributed by atoms with van der Waals surface area (Å²) in [5, 5.41) is 3.78. The van der Waals surface area contributed by atoms with Crippen molar-refractivity contribution in [2.75, 3.05) is 19.6 Å². The van der Waals surface area contributed by atoms with E-state index in [1.807, 2.05) is 6.07 Å². The van der Waals surface area contributed by atoms with Crippen molar-refractivity contribution < 1.29 is 9.59 Å². The molecule has 9 heteroatoms. The molecule has 37 heavy (non-hydrogen) atoms. The molecule has 2 unspecified atom stereocenters. The first kappa shape index (κ1) is 31.4. The third kappa shape index (κ3) is 13.0. The summed E-state index contributed by atoms with van der Waals surface area (Å²) < 4.78 is 2.78. The highest BCUT2D eigenvalue weighted by Crippen LogP contribution is 2.26. The average Bonchev–Trinajstić information content (AvgIpc) is 3.32. The minimum Gasteiger partial charge on any atom is -0.359 e. The van der Waals surface area contributed by atoms with Gasteiger partial charge in [0.2, 0.25) is 12.3 Å². The molecule has 3 rings (SSSR count). The number of halogens is 2. The Balaban J connectivity index is 0.000000264. The van der Waals surface area contributed by atoms with Crippen LogP contribution in [0, 0.1) is 5.92 Å². The van der Waals surface area contributed by atoms with E-state index in [2.05, 4.69) is 59.1 Å². The third-order valence-corrected chi connectivity index (χ3v) is 7.77. The minimum absolute atomic E-state index is 0.0368. The van der Waals surface area contributed by atoms with E-state index in [1.165, 1.54) is 17.5 Å². The van der Waals surface area contributed by atoms with Gasteiger partial charge in [-0.15, -0.1) is 0 Å². The maximum atomic E-state index is 11.5. The highest BCUT2D eigenvalue weighted by molar-refractivity contribution is 7.98. The Bertz CT molecular complexity index is 949. The molecular formula is C28H40Cl2N4O2S. The number of hydrogen-bond donors (Lipinski definition) is 3. The van der Waals surface area contributed by atoms with Gasteiger partial charge in [-0.05, 0) is 73.7 Å². The van der Waals surface area contributed by atoms with Gasteiger partial charge in [0, 0.05) is 43.0 Å². The number of nitrogens with two attached hydrogens (primary N) is 1. The second-order valence-electron chi connectivity index (χ2n) is 9.72. The zero-order valence-electron chi connectivity index (χ0n) is 21.8. The lowest BCUT2D eigenvalue weighted by atomic mass is 10.0. The van der Waals surface area contributed by atoms with E-state index in [0.717, 1.165) is 63.0 Å². The van der Waals surface area contributed by atoms with Crippen LogP contribution in [0.15, 0.2) is 53.4 Å². The molecule has 6 nitrogen and oxygen atoms in total. The summed E-state index contributed by atoms with van der Waals surface area (Å²) in [6.45, 7) is 7.01. The van der Waals surface area contributed by atoms with Gasteiger partial charge in [0.1, 0.15) is 0 Å². The number of nitrogens with zero attached hydrogens (tertiary/aromatic N) is 1. The normalized spacial score (nSPS) is 16.1. The van der Waals surface area contributed by atoms with Crippen LogP contribution in [0.5, 0.6) is 0 Å². The van der Waals surface area contributed by atoms with E-state index in [9.17, 15) is 9.59 Å². The number of nitrogens with one attached hydrogen (secondary N) is 2. The van der Waals surface area contributed by atoms with Crippen LogP contribution in [0.3, 0.4) is 0 Å². The predicted molar refractivity (Wildman–Crippen MR) is 156 cm³/mol. The molecule has 0 aromatic heterocycles. The Labute approximate surface area is 236 Å². The SMILES string of the molecule is CC(C)CCC(=O)NSc1ccc(Cl)c(Cl)c1.NC1CCN(C(CCNC=O)CCc2ccccc2)C1. The van der Waals surface area contributed by atoms with Crippen LogP contribution in [0.2, 0.25) is 10.0 Å². The number of likely N-dealkylation sites (tertiary alicyclic amines) is 1. The minimum atomic E-state index is 0.0368. The van der Waals surface area contributed by atoms with Crippen molar-refractivity contribution in [1.29, 1.82) is 0 Å². The Morgan fingerprint density at radius 3 is 2.51 bits per heavy atom. The van der Waals surface area contributed by atoms with Gasteiger partial charge in [-0.25, -0.2) is 0 Å². The van der Waals surface area contributed by atoms with Crippen LogP contribution in [-0.2, 0) is 16.0 Å². The highest BCUT2D eigenvalue weighted by atomic mass is 35.5. The van der Waals surface area contributed by atoms with Gasteiger partial charge in [0.05, 0.1) is 10.0 Å². The van der Waals surface area contributed by atoms with Gasteiger partial charge in [0.25, 0.3) is 0 Å². The van der Waals surface area contributed by atoms with Crippen LogP contribution in [0.1, 0.15) is 51.5 Å². The van der Waals surface area contributed by atoms with Crippen molar-refractivity contribution in [3.05, 3.63) is 64.1 Å². The van der Waals surface area contributed by atoms with Gasteiger partial charge in [-0.2, -0.15) is 0 Å². The Morgan fingerprint density at radius 1 is 1.14 bits per heavy atom. The Kier molecular flexibility index (Phi) is 15.0. The molecule has 1 fully saturated rings. The summed E-state index contributed by atoms with van der Waals surface area (Å²) in [4.78, 5) is 25.2. The zero-order valence-corrected chi connectivity index (χ0v) is 24.1. The first-order valence-electron chi connectivity index (χ1n) is 12.9. The molecule has 1 aliphatic heterocycles. The molecule has 2 amide bonds. The molecule has 0 bridgehead atoms. The van der Waals surface area contributed by atoms with E-state index < -0.39 is 0 Å². The van der Waals surface area contributed by atoms with E-state index in [0.29, 0.717) is 34.5 Å². The number of amides is 2. The van der Waals surface area contributed by atoms with E-state index in [1.54, 1.807) is 12.1 Å². The van der Waals surface area contributed by atoms with E-state index in [4.69, 9.17) is 28.9 Å². The van der Waals surface area contributed by atoms with Gasteiger partial charge in [-0.1, -0.05) is 67.4 Å². The standard InChI is InChI=1S/C16H25N3O.C12H15Cl2NOS/c17-15-9-11-19(12-15)16(8-10-18-13-20)7-6-14-4-2-1-3-5-14;1-8(2)3-6-12(16)15-17-9-4-5-10(13)11(14)7-9/h1-5,13,15-16H,6-12,17H2,(H,18,20);4-5,7-8H,3,6H2,1-2H3,(H,15,16). The fourth-order valence-electron chi connectivity index (χ4n) is 4.07. The molecule has 1 aliphatic rings. The van der Waals surface area contributed by atoms with Gasteiger partial charge < -0.3 is 11.1 Å². The first-order chi connectivity index (χ1) is 17.8. The van der Waals surface area contributed by atoms with Crippen LogP contribution in [0.25, 0.3) is 0 Å². The predicted octanol–water partition coefficient (Wildman–Crippen LogP) is 5.71. The van der Waals surface area contributed by atoms with E-state index >= 15 is 0 Å². The summed E-state index contributed by atoms with van der Waals surface area (Å²) in [6, 6.07) is 16.7. The lowest BCUT2D eigenvalue weighted by molar-refractivity contribution is -0.119. The molecule has 0 radical (unpaired) electrons. The summed E-state index contributed by atoms with van der Waals surface area (Å²) in [5.41, 5.74) is 7.39. The Hall–Kier alpha value is -1.77. The molecule has 1 saturated heterocycles. The lowest BCUT2D eigenvalue weighted by Crippen LogP contribution is -2.37. The summed E-state index contributed by atoms with van der Waals surface area (Å²) >= 11 is 12.9. The quantitative estimate of drug-likeness (QED) is 0.164. The maximum absolute atomic E-state index is 11.5. The number of hydrogen-bond acceptors (Lipinski definition) is 5. The van der Waals surface area contributed by atoms with Crippen molar-refractivity contribution in [2.45, 2.75) is 69.4 Å². The Morgan fingerprint density at radius 2 is 1.89 bits per heavy atom. The molecule has 0 spiro atoms. The fourth-order valence-corrected chi connectivity index (χ4v) is 5.08. The molecule has 204 valence electrons. The first-order valence-corrected chi connectivity index (χ1v) is 14.5. The molecule has 4 N–H and O–H groups in total. The van der Waals surface area contributed by atoms with Gasteiger partial charge in [0.15, 0.2) is 0 Å². The molecule has 1 heterocycles. The van der Waals surface area contributed by atoms with E-state index in [-0.39, 0.29) is 5.91 Å². The largest absolute Gasteiger partial charge is 0.359 e. The highest BCUT2D eigenvalue weighted by Gasteiger charge is 2.25. The van der Waals surface area contributed by atoms with Crippen LogP contribution >= 0.6 is 35.1 Å². The summed E-state index contributed by atoms with van der Waals surface area (Å²) in [7, 11) is 0. The van der Waals surface area contributed by atoms with Crippen molar-refractivity contribution >= 4 is 47.5 Å². The number of rotatable bonds is 13. The molecule has 0 aliphatic carbocycles. The fraction of sp³-hybridized carbons (Fsp3) is 0.500. The van der Waals surface area contributed by atoms with Crippen molar-refractivity contribution in [2.24, 2.45) is 11.7 Å². The number of carbonyl (C=O) groups is 2. The second-order valence-corrected chi connectivity index (χ2v) is 11.4. The van der Waals surface area contributed by atoms with Crippen LogP contribution in [0.4, 0.5) is 0 Å². The monoisotopic (exact) mass is 566 g/mol. The molecule has 2 aromatic carbocycles. The van der Waals surface area contributed by atoms with Crippen LogP contribution in [-0.4, -0.2) is 48.9 Å². The number of benzene rings is 2. The third-order valence-electron chi connectivity index (χ3n) is 6.21. The average molecular weight is 568 g/mol. The van der Waals surface area contributed by atoms with Gasteiger partial charge >= 0.3 is 0 Å². The zero-order chi connectivity index (χ0) is 27.0. The molecule has 2 atom stereocenters. The van der Waals surface area contributed by atoms with Crippen molar-refractivity contribution in [3.63, 3.8) is 0 Å². The molecule has 0 saturated carbocycles. The number of aryl methyl sites for hydroxylation is 1.